The van der Waals surface area contributed by atoms with Gasteiger partial charge in [0.05, 0.1) is 6.42 Å². The van der Waals surface area contributed by atoms with Gasteiger partial charge >= 0.3 is 5.97 Å². The number of benzene rings is 1. The summed E-state index contributed by atoms with van der Waals surface area (Å²) in [5.41, 5.74) is -0.113. The van der Waals surface area contributed by atoms with E-state index in [-0.39, 0.29) is 12.0 Å². The molecule has 0 aliphatic rings. The maximum Gasteiger partial charge on any atom is 0.326 e. The Morgan fingerprint density at radius 2 is 2.10 bits per heavy atom. The van der Waals surface area contributed by atoms with E-state index in [2.05, 4.69) is 5.32 Å². The van der Waals surface area contributed by atoms with Crippen molar-refractivity contribution in [2.24, 2.45) is 0 Å². The first-order valence-corrected chi connectivity index (χ1v) is 6.01. The maximum atomic E-state index is 13.4. The van der Waals surface area contributed by atoms with Crippen LogP contribution in [-0.2, 0) is 16.0 Å². The van der Waals surface area contributed by atoms with Crippen molar-refractivity contribution in [3.63, 3.8) is 0 Å². The molecule has 0 heterocycles. The maximum absolute atomic E-state index is 13.4. The van der Waals surface area contributed by atoms with Crippen LogP contribution in [0.15, 0.2) is 30.4 Å². The number of carbonyl (C=O) groups excluding carboxylic acids is 1. The zero-order chi connectivity index (χ0) is 15.1. The van der Waals surface area contributed by atoms with Crippen LogP contribution < -0.4 is 5.32 Å². The highest BCUT2D eigenvalue weighted by Crippen LogP contribution is 2.10. The van der Waals surface area contributed by atoms with E-state index in [0.717, 1.165) is 18.2 Å². The highest BCUT2D eigenvalue weighted by molar-refractivity contribution is 5.85. The van der Waals surface area contributed by atoms with Crippen LogP contribution in [0.2, 0.25) is 0 Å². The summed E-state index contributed by atoms with van der Waals surface area (Å²) in [6.45, 7) is 1.73. The molecule has 0 spiro atoms. The fourth-order valence-corrected chi connectivity index (χ4v) is 1.59. The standard InChI is InChI=1S/C14H15F2NO3/c1-2-3-4-12(14(19)20)17-13(18)8-9-7-10(15)5-6-11(9)16/h2-3,5-7,12H,4,8H2,1H3,(H,17,18)(H,19,20)/b3-2+. The monoisotopic (exact) mass is 283 g/mol. The first-order valence-electron chi connectivity index (χ1n) is 6.01. The molecule has 0 saturated heterocycles. The second-order valence-corrected chi connectivity index (χ2v) is 4.18. The third kappa shape index (κ3) is 4.79. The smallest absolute Gasteiger partial charge is 0.326 e. The van der Waals surface area contributed by atoms with Crippen LogP contribution in [0, 0.1) is 11.6 Å². The van der Waals surface area contributed by atoms with Gasteiger partial charge in [-0.05, 0) is 31.5 Å². The molecule has 0 saturated carbocycles. The average molecular weight is 283 g/mol. The molecule has 0 aromatic heterocycles. The molecule has 0 radical (unpaired) electrons. The van der Waals surface area contributed by atoms with E-state index >= 15 is 0 Å². The molecular weight excluding hydrogens is 268 g/mol. The number of carboxylic acids is 1. The fraction of sp³-hybridized carbons (Fsp3) is 0.286. The van der Waals surface area contributed by atoms with Gasteiger partial charge in [-0.15, -0.1) is 0 Å². The molecule has 0 bridgehead atoms. The predicted octanol–water partition coefficient (Wildman–Crippen LogP) is 2.04. The van der Waals surface area contributed by atoms with Crippen LogP contribution in [0.25, 0.3) is 0 Å². The lowest BCUT2D eigenvalue weighted by atomic mass is 10.1. The molecule has 0 fully saturated rings. The van der Waals surface area contributed by atoms with Gasteiger partial charge in [0.15, 0.2) is 0 Å². The first-order chi connectivity index (χ1) is 9.43. The van der Waals surface area contributed by atoms with Gasteiger partial charge < -0.3 is 10.4 Å². The van der Waals surface area contributed by atoms with Crippen molar-refractivity contribution in [1.29, 1.82) is 0 Å². The number of aliphatic carboxylic acids is 1. The normalized spacial score (nSPS) is 12.3. The van der Waals surface area contributed by atoms with Crippen LogP contribution in [0.1, 0.15) is 18.9 Å². The summed E-state index contributed by atoms with van der Waals surface area (Å²) >= 11 is 0. The van der Waals surface area contributed by atoms with Gasteiger partial charge in [0.1, 0.15) is 17.7 Å². The molecule has 108 valence electrons. The lowest BCUT2D eigenvalue weighted by Gasteiger charge is -2.12. The number of allylic oxidation sites excluding steroid dienone is 1. The predicted molar refractivity (Wildman–Crippen MR) is 69.1 cm³/mol. The summed E-state index contributed by atoms with van der Waals surface area (Å²) in [5.74, 6) is -3.22. The molecule has 2 N–H and O–H groups in total. The van der Waals surface area contributed by atoms with Gasteiger partial charge in [-0.25, -0.2) is 13.6 Å². The van der Waals surface area contributed by atoms with Crippen molar-refractivity contribution in [3.05, 3.63) is 47.5 Å². The van der Waals surface area contributed by atoms with Gasteiger partial charge in [-0.1, -0.05) is 12.2 Å². The lowest BCUT2D eigenvalue weighted by molar-refractivity contribution is -0.141. The third-order valence-electron chi connectivity index (χ3n) is 2.60. The van der Waals surface area contributed by atoms with Crippen molar-refractivity contribution >= 4 is 11.9 Å². The van der Waals surface area contributed by atoms with E-state index in [9.17, 15) is 18.4 Å². The summed E-state index contributed by atoms with van der Waals surface area (Å²) in [4.78, 5) is 22.6. The van der Waals surface area contributed by atoms with Crippen LogP contribution in [0.3, 0.4) is 0 Å². The molecule has 1 amide bonds. The topological polar surface area (TPSA) is 66.4 Å². The van der Waals surface area contributed by atoms with Crippen molar-refractivity contribution in [2.75, 3.05) is 0 Å². The highest BCUT2D eigenvalue weighted by atomic mass is 19.1. The molecule has 1 atom stereocenters. The first kappa shape index (κ1) is 15.8. The van der Waals surface area contributed by atoms with E-state index in [0.29, 0.717) is 0 Å². The van der Waals surface area contributed by atoms with Gasteiger partial charge in [-0.2, -0.15) is 0 Å². The average Bonchev–Trinajstić information content (AvgIpc) is 2.38. The highest BCUT2D eigenvalue weighted by Gasteiger charge is 2.19. The van der Waals surface area contributed by atoms with Crippen molar-refractivity contribution < 1.29 is 23.5 Å². The summed E-state index contributed by atoms with van der Waals surface area (Å²) in [6.07, 6.45) is 2.97. The van der Waals surface area contributed by atoms with E-state index in [4.69, 9.17) is 5.11 Å². The molecule has 1 aromatic rings. The third-order valence-corrected chi connectivity index (χ3v) is 2.60. The zero-order valence-electron chi connectivity index (χ0n) is 10.9. The molecule has 6 heteroatoms. The molecule has 1 rings (SSSR count). The Balaban J connectivity index is 2.70. The number of hydrogen-bond acceptors (Lipinski definition) is 2. The quantitative estimate of drug-likeness (QED) is 0.785. The molecule has 20 heavy (non-hydrogen) atoms. The second-order valence-electron chi connectivity index (χ2n) is 4.18. The number of rotatable bonds is 6. The van der Waals surface area contributed by atoms with Crippen LogP contribution in [0.4, 0.5) is 8.78 Å². The Labute approximate surface area is 115 Å². The van der Waals surface area contributed by atoms with E-state index in [1.54, 1.807) is 19.1 Å². The van der Waals surface area contributed by atoms with Gasteiger partial charge in [0.2, 0.25) is 5.91 Å². The van der Waals surface area contributed by atoms with Crippen molar-refractivity contribution in [3.8, 4) is 0 Å². The Morgan fingerprint density at radius 3 is 2.70 bits per heavy atom. The Bertz CT molecular complexity index is 529. The minimum atomic E-state index is -1.18. The molecule has 0 aliphatic heterocycles. The molecular formula is C14H15F2NO3. The molecule has 4 nitrogen and oxygen atoms in total. The minimum absolute atomic E-state index is 0.113. The number of carboxylic acid groups (broad SMARTS) is 1. The Hall–Kier alpha value is -2.24. The second kappa shape index (κ2) is 7.37. The summed E-state index contributed by atoms with van der Waals surface area (Å²) in [7, 11) is 0. The Kier molecular flexibility index (Phi) is 5.83. The summed E-state index contributed by atoms with van der Waals surface area (Å²) in [5, 5.41) is 11.2. The number of hydrogen-bond donors (Lipinski definition) is 2. The van der Waals surface area contributed by atoms with E-state index in [1.165, 1.54) is 0 Å². The SMILES string of the molecule is C/C=C/CC(NC(=O)Cc1cc(F)ccc1F)C(=O)O. The van der Waals surface area contributed by atoms with Crippen molar-refractivity contribution in [2.45, 2.75) is 25.8 Å². The summed E-state index contributed by atoms with van der Waals surface area (Å²) in [6, 6.07) is 1.70. The number of nitrogens with one attached hydrogen (secondary N) is 1. The van der Waals surface area contributed by atoms with Crippen LogP contribution in [0.5, 0.6) is 0 Å². The fourth-order valence-electron chi connectivity index (χ4n) is 1.59. The number of carbonyl (C=O) groups is 2. The molecule has 1 unspecified atom stereocenters. The van der Waals surface area contributed by atoms with Crippen molar-refractivity contribution in [1.82, 2.24) is 5.32 Å². The van der Waals surface area contributed by atoms with E-state index in [1.807, 2.05) is 0 Å². The Morgan fingerprint density at radius 1 is 1.40 bits per heavy atom. The molecule has 1 aromatic carbocycles. The molecule has 0 aliphatic carbocycles. The van der Waals surface area contributed by atoms with Crippen LogP contribution in [-0.4, -0.2) is 23.0 Å². The minimum Gasteiger partial charge on any atom is -0.480 e. The van der Waals surface area contributed by atoms with Gasteiger partial charge in [-0.3, -0.25) is 4.79 Å². The van der Waals surface area contributed by atoms with E-state index < -0.39 is 36.0 Å². The summed E-state index contributed by atoms with van der Waals surface area (Å²) < 4.78 is 26.3. The lowest BCUT2D eigenvalue weighted by Crippen LogP contribution is -2.41. The number of halogens is 2. The largest absolute Gasteiger partial charge is 0.480 e. The van der Waals surface area contributed by atoms with Crippen LogP contribution >= 0.6 is 0 Å². The van der Waals surface area contributed by atoms with Gasteiger partial charge in [0.25, 0.3) is 0 Å². The van der Waals surface area contributed by atoms with Gasteiger partial charge in [0, 0.05) is 5.56 Å². The number of amides is 1. The zero-order valence-corrected chi connectivity index (χ0v) is 10.9.